The summed E-state index contributed by atoms with van der Waals surface area (Å²) < 4.78 is 13.5. The van der Waals surface area contributed by atoms with Crippen LogP contribution in [-0.4, -0.2) is 25.0 Å². The van der Waals surface area contributed by atoms with E-state index in [2.05, 4.69) is 30.7 Å². The summed E-state index contributed by atoms with van der Waals surface area (Å²) in [6, 6.07) is 4.98. The number of hydrogen-bond donors (Lipinski definition) is 1. The van der Waals surface area contributed by atoms with Crippen molar-refractivity contribution in [3.8, 4) is 11.8 Å². The molecule has 3 heteroatoms. The Labute approximate surface area is 114 Å². The van der Waals surface area contributed by atoms with Gasteiger partial charge in [-0.05, 0) is 49.1 Å². The molecule has 2 atom stereocenters. The third-order valence-electron chi connectivity index (χ3n) is 3.57. The maximum absolute atomic E-state index is 13.5. The fourth-order valence-corrected chi connectivity index (χ4v) is 2.40. The van der Waals surface area contributed by atoms with E-state index in [4.69, 9.17) is 5.73 Å². The van der Waals surface area contributed by atoms with E-state index in [1.807, 2.05) is 6.07 Å². The molecule has 1 saturated carbocycles. The first-order chi connectivity index (χ1) is 9.08. The van der Waals surface area contributed by atoms with Crippen LogP contribution in [0, 0.1) is 29.5 Å². The van der Waals surface area contributed by atoms with Crippen molar-refractivity contribution in [2.75, 3.05) is 20.1 Å². The van der Waals surface area contributed by atoms with Crippen LogP contribution in [-0.2, 0) is 6.54 Å². The highest BCUT2D eigenvalue weighted by Crippen LogP contribution is 2.38. The quantitative estimate of drug-likeness (QED) is 0.841. The zero-order valence-electron chi connectivity index (χ0n) is 11.6. The number of benzene rings is 1. The second-order valence-electron chi connectivity index (χ2n) is 5.52. The van der Waals surface area contributed by atoms with Crippen LogP contribution in [0.5, 0.6) is 0 Å². The highest BCUT2D eigenvalue weighted by Gasteiger charge is 2.32. The molecule has 1 aromatic carbocycles. The monoisotopic (exact) mass is 260 g/mol. The van der Waals surface area contributed by atoms with E-state index in [-0.39, 0.29) is 5.82 Å². The third kappa shape index (κ3) is 4.34. The lowest BCUT2D eigenvalue weighted by Gasteiger charge is -2.16. The van der Waals surface area contributed by atoms with Gasteiger partial charge in [-0.2, -0.15) is 0 Å². The van der Waals surface area contributed by atoms with Crippen molar-refractivity contribution in [2.24, 2.45) is 17.6 Å². The van der Waals surface area contributed by atoms with Crippen LogP contribution in [0.4, 0.5) is 4.39 Å². The Kier molecular flexibility index (Phi) is 4.57. The predicted molar refractivity (Wildman–Crippen MR) is 75.9 cm³/mol. The summed E-state index contributed by atoms with van der Waals surface area (Å²) in [5, 5.41) is 0. The van der Waals surface area contributed by atoms with E-state index in [1.165, 1.54) is 12.5 Å². The van der Waals surface area contributed by atoms with E-state index in [1.54, 1.807) is 6.07 Å². The molecule has 19 heavy (non-hydrogen) atoms. The number of rotatable bonds is 4. The van der Waals surface area contributed by atoms with E-state index >= 15 is 0 Å². The SMILES string of the molecule is CC1CC1CN(C)Cc1cc(F)cc(C#CCN)c1. The number of nitrogens with zero attached hydrogens (tertiary/aromatic N) is 1. The van der Waals surface area contributed by atoms with Gasteiger partial charge >= 0.3 is 0 Å². The molecule has 0 radical (unpaired) electrons. The molecular formula is C16H21FN2. The third-order valence-corrected chi connectivity index (χ3v) is 3.57. The van der Waals surface area contributed by atoms with Gasteiger partial charge < -0.3 is 10.6 Å². The van der Waals surface area contributed by atoms with Crippen molar-refractivity contribution in [2.45, 2.75) is 19.9 Å². The van der Waals surface area contributed by atoms with Gasteiger partial charge in [0.15, 0.2) is 0 Å². The van der Waals surface area contributed by atoms with Crippen LogP contribution in [0.1, 0.15) is 24.5 Å². The van der Waals surface area contributed by atoms with Gasteiger partial charge in [-0.25, -0.2) is 4.39 Å². The molecule has 2 rings (SSSR count). The summed E-state index contributed by atoms with van der Waals surface area (Å²) in [6.07, 6.45) is 1.32. The first-order valence-corrected chi connectivity index (χ1v) is 6.75. The number of hydrogen-bond acceptors (Lipinski definition) is 2. The highest BCUT2D eigenvalue weighted by atomic mass is 19.1. The average Bonchev–Trinajstić information content (AvgIpc) is 3.01. The smallest absolute Gasteiger partial charge is 0.124 e. The lowest BCUT2D eigenvalue weighted by molar-refractivity contribution is 0.307. The molecule has 0 bridgehead atoms. The normalized spacial score (nSPS) is 21.1. The molecule has 0 spiro atoms. The van der Waals surface area contributed by atoms with Crippen LogP contribution in [0.15, 0.2) is 18.2 Å². The second-order valence-corrected chi connectivity index (χ2v) is 5.52. The second kappa shape index (κ2) is 6.18. The van der Waals surface area contributed by atoms with Crippen LogP contribution in [0.2, 0.25) is 0 Å². The molecule has 2 N–H and O–H groups in total. The molecule has 1 aromatic rings. The van der Waals surface area contributed by atoms with Crippen LogP contribution in [0.25, 0.3) is 0 Å². The largest absolute Gasteiger partial charge is 0.320 e. The van der Waals surface area contributed by atoms with Gasteiger partial charge in [0.1, 0.15) is 5.82 Å². The molecule has 1 aliphatic carbocycles. The Hall–Kier alpha value is -1.37. The minimum atomic E-state index is -0.230. The minimum Gasteiger partial charge on any atom is -0.320 e. The van der Waals surface area contributed by atoms with E-state index in [0.29, 0.717) is 12.1 Å². The van der Waals surface area contributed by atoms with Crippen molar-refractivity contribution >= 4 is 0 Å². The first-order valence-electron chi connectivity index (χ1n) is 6.75. The highest BCUT2D eigenvalue weighted by molar-refractivity contribution is 5.38. The Bertz CT molecular complexity index is 501. The van der Waals surface area contributed by atoms with Crippen LogP contribution >= 0.6 is 0 Å². The zero-order chi connectivity index (χ0) is 13.8. The van der Waals surface area contributed by atoms with Crippen molar-refractivity contribution < 1.29 is 4.39 Å². The summed E-state index contributed by atoms with van der Waals surface area (Å²) in [5.41, 5.74) is 7.00. The van der Waals surface area contributed by atoms with Gasteiger partial charge in [-0.1, -0.05) is 18.8 Å². The fourth-order valence-electron chi connectivity index (χ4n) is 2.40. The Morgan fingerprint density at radius 1 is 1.42 bits per heavy atom. The lowest BCUT2D eigenvalue weighted by Crippen LogP contribution is -2.21. The van der Waals surface area contributed by atoms with E-state index in [0.717, 1.165) is 30.5 Å². The van der Waals surface area contributed by atoms with Gasteiger partial charge in [0, 0.05) is 18.7 Å². The summed E-state index contributed by atoms with van der Waals surface area (Å²) >= 11 is 0. The van der Waals surface area contributed by atoms with Crippen LogP contribution in [0.3, 0.4) is 0 Å². The zero-order valence-corrected chi connectivity index (χ0v) is 11.6. The molecule has 1 aliphatic rings. The topological polar surface area (TPSA) is 29.3 Å². The van der Waals surface area contributed by atoms with Gasteiger partial charge in [0.25, 0.3) is 0 Å². The first kappa shape index (κ1) is 14.0. The lowest BCUT2D eigenvalue weighted by atomic mass is 10.1. The fraction of sp³-hybridized carbons (Fsp3) is 0.500. The average molecular weight is 260 g/mol. The Balaban J connectivity index is 2.00. The van der Waals surface area contributed by atoms with Crippen molar-refractivity contribution in [3.63, 3.8) is 0 Å². The van der Waals surface area contributed by atoms with Crippen molar-refractivity contribution in [1.82, 2.24) is 4.90 Å². The predicted octanol–water partition coefficient (Wildman–Crippen LogP) is 2.22. The Morgan fingerprint density at radius 3 is 2.79 bits per heavy atom. The molecule has 1 fully saturated rings. The molecule has 2 unspecified atom stereocenters. The maximum Gasteiger partial charge on any atom is 0.124 e. The Morgan fingerprint density at radius 2 is 2.16 bits per heavy atom. The summed E-state index contributed by atoms with van der Waals surface area (Å²) in [7, 11) is 2.08. The van der Waals surface area contributed by atoms with Gasteiger partial charge in [-0.15, -0.1) is 0 Å². The molecule has 102 valence electrons. The minimum absolute atomic E-state index is 0.230. The summed E-state index contributed by atoms with van der Waals surface area (Å²) in [6.45, 7) is 4.42. The standard InChI is InChI=1S/C16H21FN2/c1-12-6-15(12)11-19(2)10-14-7-13(4-3-5-18)8-16(17)9-14/h7-9,12,15H,5-6,10-11,18H2,1-2H3. The molecular weight excluding hydrogens is 239 g/mol. The molecule has 0 aliphatic heterocycles. The van der Waals surface area contributed by atoms with E-state index < -0.39 is 0 Å². The number of halogens is 1. The summed E-state index contributed by atoms with van der Waals surface area (Å²) in [5.74, 6) is 7.08. The molecule has 0 aromatic heterocycles. The summed E-state index contributed by atoms with van der Waals surface area (Å²) in [4.78, 5) is 2.25. The molecule has 0 amide bonds. The van der Waals surface area contributed by atoms with E-state index in [9.17, 15) is 4.39 Å². The number of nitrogens with two attached hydrogens (primary N) is 1. The van der Waals surface area contributed by atoms with Gasteiger partial charge in [-0.3, -0.25) is 0 Å². The van der Waals surface area contributed by atoms with Gasteiger partial charge in [0.2, 0.25) is 0 Å². The maximum atomic E-state index is 13.5. The van der Waals surface area contributed by atoms with Crippen LogP contribution < -0.4 is 5.73 Å². The van der Waals surface area contributed by atoms with Gasteiger partial charge in [0.05, 0.1) is 6.54 Å². The van der Waals surface area contributed by atoms with Crippen molar-refractivity contribution in [3.05, 3.63) is 35.1 Å². The van der Waals surface area contributed by atoms with Crippen molar-refractivity contribution in [1.29, 1.82) is 0 Å². The molecule has 0 heterocycles. The molecule has 0 saturated heterocycles. The molecule has 2 nitrogen and oxygen atoms in total.